The van der Waals surface area contributed by atoms with E-state index < -0.39 is 45.7 Å². The van der Waals surface area contributed by atoms with Crippen molar-refractivity contribution in [2.24, 2.45) is 0 Å². The van der Waals surface area contributed by atoms with Crippen LogP contribution in [0.1, 0.15) is 27.0 Å². The van der Waals surface area contributed by atoms with Crippen LogP contribution in [0.3, 0.4) is 0 Å². The fourth-order valence-electron chi connectivity index (χ4n) is 5.06. The number of rotatable bonds is 5. The number of nitrogens with one attached hydrogen (secondary N) is 1. The van der Waals surface area contributed by atoms with Crippen LogP contribution in [0.2, 0.25) is 16.1 Å². The topological polar surface area (TPSA) is 86.8 Å². The average molecular weight is 521 g/mol. The standard InChI is InChI=1S/C22H23B5ClF2N3O4/c23-16-20(24,25)17(35)31-18(36)21(16,26)32-9-11-7-10(1-6-14(11)15(32)34)8-33(27)19(37)22(29,30)12-2-4-13(28)5-3-12/h1-7,16H,8-9,23-27H2,(H,31,35,36). The summed E-state index contributed by atoms with van der Waals surface area (Å²) < 4.78 is 29.6. The first-order chi connectivity index (χ1) is 17.1. The number of carbonyl (C=O) groups excluding carboxylic acids is 4. The fourth-order valence-corrected chi connectivity index (χ4v) is 5.18. The predicted octanol–water partition coefficient (Wildman–Crippen LogP) is -2.25. The Bertz CT molecular complexity index is 1330. The number of imide groups is 1. The molecule has 15 heteroatoms. The lowest BCUT2D eigenvalue weighted by molar-refractivity contribution is -0.154. The third-order valence-corrected chi connectivity index (χ3v) is 8.23. The molecule has 4 amide bonds. The highest BCUT2D eigenvalue weighted by molar-refractivity contribution is 6.58. The Morgan fingerprint density at radius 3 is 2.35 bits per heavy atom. The number of hydrogen-bond donors (Lipinski definition) is 1. The van der Waals surface area contributed by atoms with Crippen LogP contribution >= 0.6 is 11.6 Å². The zero-order valence-electron chi connectivity index (χ0n) is 21.2. The summed E-state index contributed by atoms with van der Waals surface area (Å²) in [4.78, 5) is 53.7. The Balaban J connectivity index is 1.55. The largest absolute Gasteiger partial charge is 0.384 e. The number of halogens is 3. The van der Waals surface area contributed by atoms with Crippen molar-refractivity contribution in [2.75, 3.05) is 0 Å². The average Bonchev–Trinajstić information content (AvgIpc) is 3.17. The molecule has 7 nitrogen and oxygen atoms in total. The van der Waals surface area contributed by atoms with Gasteiger partial charge in [0.1, 0.15) is 31.4 Å². The van der Waals surface area contributed by atoms with Gasteiger partial charge < -0.3 is 9.71 Å². The van der Waals surface area contributed by atoms with Crippen LogP contribution < -0.4 is 5.32 Å². The molecule has 2 aromatic rings. The van der Waals surface area contributed by atoms with Crippen molar-refractivity contribution in [2.45, 2.75) is 35.5 Å². The molecule has 2 aliphatic rings. The van der Waals surface area contributed by atoms with E-state index in [-0.39, 0.29) is 24.0 Å². The van der Waals surface area contributed by atoms with Crippen LogP contribution in [0.5, 0.6) is 0 Å². The second kappa shape index (κ2) is 9.08. The van der Waals surface area contributed by atoms with Crippen molar-refractivity contribution in [1.29, 1.82) is 0 Å². The number of nitrogens with zero attached hydrogens (tertiary/aromatic N) is 2. The SMILES string of the molecule is BC1C(B)(B)C(=O)NC(=O)C1(B)N1Cc2cc(CN(B)C(=O)C(F)(F)c3ccc(Cl)cc3)ccc2C1=O. The maximum Gasteiger partial charge on any atom is 0.348 e. The molecule has 2 aliphatic heterocycles. The van der Waals surface area contributed by atoms with E-state index in [1.165, 1.54) is 25.0 Å². The van der Waals surface area contributed by atoms with Crippen molar-refractivity contribution in [3.63, 3.8) is 0 Å². The molecule has 37 heavy (non-hydrogen) atoms. The molecule has 2 aromatic carbocycles. The lowest BCUT2D eigenvalue weighted by atomic mass is 9.35. The van der Waals surface area contributed by atoms with Gasteiger partial charge >= 0.3 is 5.92 Å². The summed E-state index contributed by atoms with van der Waals surface area (Å²) in [6, 6.07) is 9.68. The molecule has 0 aliphatic carbocycles. The molecule has 1 saturated heterocycles. The van der Waals surface area contributed by atoms with Crippen molar-refractivity contribution in [3.8, 4) is 0 Å². The van der Waals surface area contributed by atoms with E-state index in [1.807, 2.05) is 0 Å². The van der Waals surface area contributed by atoms with Crippen LogP contribution in [-0.2, 0) is 33.4 Å². The zero-order chi connectivity index (χ0) is 27.5. The zero-order valence-corrected chi connectivity index (χ0v) is 22.0. The number of alkyl halides is 2. The molecule has 1 N–H and O–H groups in total. The number of fused-ring (bicyclic) bond motifs is 1. The molecule has 1 fully saturated rings. The smallest absolute Gasteiger partial charge is 0.348 e. The minimum Gasteiger partial charge on any atom is -0.384 e. The first-order valence-electron chi connectivity index (χ1n) is 11.8. The molecule has 186 valence electrons. The van der Waals surface area contributed by atoms with Gasteiger partial charge in [0.15, 0.2) is 0 Å². The van der Waals surface area contributed by atoms with Crippen molar-refractivity contribution in [1.82, 2.24) is 15.0 Å². The van der Waals surface area contributed by atoms with Crippen LogP contribution in [0, 0.1) is 0 Å². The molecule has 0 aromatic heterocycles. The molecule has 4 rings (SSSR count). The summed E-state index contributed by atoms with van der Waals surface area (Å²) in [5, 5.41) is 1.80. The van der Waals surface area contributed by atoms with E-state index in [0.717, 1.165) is 16.9 Å². The molecule has 0 bridgehead atoms. The predicted molar refractivity (Wildman–Crippen MR) is 147 cm³/mol. The summed E-state index contributed by atoms with van der Waals surface area (Å²) in [5.74, 6) is -6.88. The lowest BCUT2D eigenvalue weighted by Crippen LogP contribution is -2.70. The van der Waals surface area contributed by atoms with Gasteiger partial charge in [-0.2, -0.15) is 8.78 Å². The number of amides is 4. The van der Waals surface area contributed by atoms with Gasteiger partial charge in [0.25, 0.3) is 11.8 Å². The summed E-state index contributed by atoms with van der Waals surface area (Å²) >= 11 is 5.77. The minimum atomic E-state index is -3.74. The van der Waals surface area contributed by atoms with E-state index >= 15 is 0 Å². The summed E-state index contributed by atoms with van der Waals surface area (Å²) in [6.45, 7) is -0.00168. The van der Waals surface area contributed by atoms with E-state index in [2.05, 4.69) is 5.32 Å². The van der Waals surface area contributed by atoms with Gasteiger partial charge in [-0.15, -0.1) is 0 Å². The maximum absolute atomic E-state index is 14.8. The Kier molecular flexibility index (Phi) is 6.63. The Hall–Kier alpha value is -3.01. The van der Waals surface area contributed by atoms with E-state index in [9.17, 15) is 28.0 Å². The first-order valence-corrected chi connectivity index (χ1v) is 12.2. The van der Waals surface area contributed by atoms with Gasteiger partial charge in [0.05, 0.1) is 5.44 Å². The van der Waals surface area contributed by atoms with Crippen molar-refractivity contribution >= 4 is 74.6 Å². The van der Waals surface area contributed by atoms with Crippen molar-refractivity contribution in [3.05, 3.63) is 69.7 Å². The van der Waals surface area contributed by atoms with Crippen LogP contribution in [0.4, 0.5) is 8.78 Å². The molecule has 0 spiro atoms. The highest BCUT2D eigenvalue weighted by atomic mass is 35.5. The Labute approximate surface area is 222 Å². The van der Waals surface area contributed by atoms with Crippen LogP contribution in [0.15, 0.2) is 42.5 Å². The molecular formula is C22H23B5ClF2N3O4. The maximum atomic E-state index is 14.8. The van der Waals surface area contributed by atoms with Gasteiger partial charge in [-0.1, -0.05) is 35.9 Å². The van der Waals surface area contributed by atoms with Gasteiger partial charge in [-0.25, -0.2) is 0 Å². The molecule has 2 atom stereocenters. The lowest BCUT2D eigenvalue weighted by Gasteiger charge is -2.51. The second-order valence-electron chi connectivity index (χ2n) is 10.5. The molecule has 0 radical (unpaired) electrons. The third kappa shape index (κ3) is 4.29. The van der Waals surface area contributed by atoms with E-state index in [0.29, 0.717) is 16.7 Å². The van der Waals surface area contributed by atoms with Gasteiger partial charge in [0, 0.05) is 29.2 Å². The van der Waals surface area contributed by atoms with Gasteiger partial charge in [-0.3, -0.25) is 24.5 Å². The third-order valence-electron chi connectivity index (χ3n) is 7.97. The van der Waals surface area contributed by atoms with E-state index in [4.69, 9.17) is 11.6 Å². The molecule has 2 unspecified atom stereocenters. The number of carbonyl (C=O) groups is 4. The number of piperidine rings is 1. The summed E-state index contributed by atoms with van der Waals surface area (Å²) in [7, 11) is 8.17. The van der Waals surface area contributed by atoms with Gasteiger partial charge in [0.2, 0.25) is 19.8 Å². The minimum absolute atomic E-state index is 0.110. The summed E-state index contributed by atoms with van der Waals surface area (Å²) in [5.41, 5.74) is -0.179. The van der Waals surface area contributed by atoms with E-state index in [1.54, 1.807) is 49.6 Å². The monoisotopic (exact) mass is 521 g/mol. The normalized spacial score (nSPS) is 22.9. The molecule has 2 heterocycles. The van der Waals surface area contributed by atoms with Crippen LogP contribution in [0.25, 0.3) is 0 Å². The number of benzene rings is 2. The van der Waals surface area contributed by atoms with Crippen molar-refractivity contribution < 1.29 is 28.0 Å². The fraction of sp³-hybridized carbons (Fsp3) is 0.273. The van der Waals surface area contributed by atoms with Crippen LogP contribution in [-0.4, -0.2) is 78.1 Å². The highest BCUT2D eigenvalue weighted by Crippen LogP contribution is 2.46. The Morgan fingerprint density at radius 1 is 1.11 bits per heavy atom. The first kappa shape index (κ1) is 27.0. The second-order valence-corrected chi connectivity index (χ2v) is 10.9. The summed E-state index contributed by atoms with van der Waals surface area (Å²) in [6.07, 6.45) is 0. The Morgan fingerprint density at radius 2 is 1.73 bits per heavy atom. The molecular weight excluding hydrogens is 498 g/mol. The highest BCUT2D eigenvalue weighted by Gasteiger charge is 2.58. The molecule has 0 saturated carbocycles. The number of hydrogen-bond acceptors (Lipinski definition) is 4. The van der Waals surface area contributed by atoms with Gasteiger partial charge in [-0.05, 0) is 40.4 Å². The quantitative estimate of drug-likeness (QED) is 0.357.